The lowest BCUT2D eigenvalue weighted by atomic mass is 10.4. The van der Waals surface area contributed by atoms with Crippen molar-refractivity contribution in [2.24, 2.45) is 0 Å². The summed E-state index contributed by atoms with van der Waals surface area (Å²) in [4.78, 5) is 10.7. The standard InChI is InChI=1S/C32H56O16S/c1-31(33)47-29-27-45-25-23-43-21-19-41-17-15-39-13-11-37-9-7-36-8-10-38-12-14-40-16-18-42-20-22-44-24-26-46-28-30-48-49(34,35)32-5-3-2-4-6-32/h2-6H,7-30H2,1H3. The first-order valence-corrected chi connectivity index (χ1v) is 17.9. The third-order valence-electron chi connectivity index (χ3n) is 5.75. The van der Waals surface area contributed by atoms with Gasteiger partial charge in [0.15, 0.2) is 0 Å². The van der Waals surface area contributed by atoms with Gasteiger partial charge in [-0.1, -0.05) is 18.2 Å². The number of hydrogen-bond acceptors (Lipinski definition) is 16. The second kappa shape index (κ2) is 34.6. The van der Waals surface area contributed by atoms with Crippen LogP contribution in [0.2, 0.25) is 0 Å². The summed E-state index contributed by atoms with van der Waals surface area (Å²) < 4.78 is 93.1. The van der Waals surface area contributed by atoms with Gasteiger partial charge < -0.3 is 56.8 Å². The largest absolute Gasteiger partial charge is 0.463 e. The van der Waals surface area contributed by atoms with Crippen LogP contribution in [0.25, 0.3) is 0 Å². The molecule has 0 heterocycles. The molecule has 0 radical (unpaired) electrons. The van der Waals surface area contributed by atoms with Gasteiger partial charge in [0.2, 0.25) is 0 Å². The second-order valence-corrected chi connectivity index (χ2v) is 11.3. The Hall–Kier alpha value is -1.84. The Bertz CT molecular complexity index is 954. The van der Waals surface area contributed by atoms with E-state index in [-0.39, 0.29) is 30.7 Å². The van der Waals surface area contributed by atoms with Crippen molar-refractivity contribution in [3.8, 4) is 0 Å². The van der Waals surface area contributed by atoms with Crippen molar-refractivity contribution in [2.45, 2.75) is 11.8 Å². The summed E-state index contributed by atoms with van der Waals surface area (Å²) in [6, 6.07) is 7.96. The van der Waals surface area contributed by atoms with Gasteiger partial charge in [-0.2, -0.15) is 8.42 Å². The Balaban J connectivity index is 1.65. The molecule has 17 heteroatoms. The molecule has 0 bridgehead atoms. The fourth-order valence-corrected chi connectivity index (χ4v) is 4.32. The molecular formula is C32H56O16S. The fraction of sp³-hybridized carbons (Fsp3) is 0.781. The Morgan fingerprint density at radius 1 is 0.408 bits per heavy atom. The van der Waals surface area contributed by atoms with Crippen LogP contribution < -0.4 is 0 Å². The molecule has 1 rings (SSSR count). The van der Waals surface area contributed by atoms with Crippen molar-refractivity contribution in [1.82, 2.24) is 0 Å². The highest BCUT2D eigenvalue weighted by atomic mass is 32.2. The van der Waals surface area contributed by atoms with Crippen LogP contribution in [0.4, 0.5) is 0 Å². The van der Waals surface area contributed by atoms with Gasteiger partial charge in [0.25, 0.3) is 10.1 Å². The molecule has 49 heavy (non-hydrogen) atoms. The third kappa shape index (κ3) is 31.9. The highest BCUT2D eigenvalue weighted by Gasteiger charge is 2.13. The zero-order valence-corrected chi connectivity index (χ0v) is 29.6. The average molecular weight is 729 g/mol. The smallest absolute Gasteiger partial charge is 0.302 e. The molecular weight excluding hydrogens is 672 g/mol. The van der Waals surface area contributed by atoms with Gasteiger partial charge in [-0.15, -0.1) is 0 Å². The summed E-state index contributed by atoms with van der Waals surface area (Å²) in [5.41, 5.74) is 0. The molecule has 0 fully saturated rings. The minimum absolute atomic E-state index is 0.0631. The van der Waals surface area contributed by atoms with Gasteiger partial charge >= 0.3 is 5.97 Å². The van der Waals surface area contributed by atoms with Crippen LogP contribution in [0.5, 0.6) is 0 Å². The minimum Gasteiger partial charge on any atom is -0.463 e. The number of carbonyl (C=O) groups is 1. The van der Waals surface area contributed by atoms with Crippen LogP contribution in [0, 0.1) is 0 Å². The lowest BCUT2D eigenvalue weighted by Gasteiger charge is -2.09. The normalized spacial score (nSPS) is 11.7. The average Bonchev–Trinajstić information content (AvgIpc) is 3.10. The number of ether oxygens (including phenoxy) is 12. The maximum absolute atomic E-state index is 12.0. The van der Waals surface area contributed by atoms with Crippen molar-refractivity contribution < 1.29 is 74.2 Å². The molecule has 1 aromatic carbocycles. The third-order valence-corrected chi connectivity index (χ3v) is 7.08. The van der Waals surface area contributed by atoms with E-state index in [1.165, 1.54) is 19.1 Å². The van der Waals surface area contributed by atoms with Crippen molar-refractivity contribution in [3.63, 3.8) is 0 Å². The van der Waals surface area contributed by atoms with Crippen LogP contribution in [-0.2, 0) is 75.9 Å². The zero-order valence-electron chi connectivity index (χ0n) is 28.8. The summed E-state index contributed by atoms with van der Waals surface area (Å²) in [7, 11) is -3.76. The van der Waals surface area contributed by atoms with Crippen molar-refractivity contribution in [3.05, 3.63) is 30.3 Å². The van der Waals surface area contributed by atoms with Crippen LogP contribution in [0.1, 0.15) is 6.92 Å². The van der Waals surface area contributed by atoms with Crippen LogP contribution in [0.15, 0.2) is 35.2 Å². The van der Waals surface area contributed by atoms with Gasteiger partial charge in [0.05, 0.1) is 157 Å². The van der Waals surface area contributed by atoms with E-state index in [1.54, 1.807) is 18.2 Å². The molecule has 0 saturated carbocycles. The summed E-state index contributed by atoms with van der Waals surface area (Å²) in [6.07, 6.45) is 0. The van der Waals surface area contributed by atoms with Crippen molar-refractivity contribution in [2.75, 3.05) is 159 Å². The first-order chi connectivity index (χ1) is 24.0. The zero-order chi connectivity index (χ0) is 35.4. The van der Waals surface area contributed by atoms with Gasteiger partial charge in [-0.05, 0) is 12.1 Å². The molecule has 0 aromatic heterocycles. The van der Waals surface area contributed by atoms with Gasteiger partial charge in [-0.3, -0.25) is 8.98 Å². The van der Waals surface area contributed by atoms with E-state index in [4.69, 9.17) is 61.0 Å². The lowest BCUT2D eigenvalue weighted by Crippen LogP contribution is -2.16. The van der Waals surface area contributed by atoms with E-state index in [0.717, 1.165) is 0 Å². The van der Waals surface area contributed by atoms with E-state index < -0.39 is 10.1 Å². The lowest BCUT2D eigenvalue weighted by molar-refractivity contribution is -0.142. The molecule has 0 amide bonds. The summed E-state index contributed by atoms with van der Waals surface area (Å²) in [5.74, 6) is -0.318. The molecule has 0 spiro atoms. The van der Waals surface area contributed by atoms with Crippen molar-refractivity contribution >= 4 is 16.1 Å². The predicted molar refractivity (Wildman–Crippen MR) is 175 cm³/mol. The van der Waals surface area contributed by atoms with Gasteiger partial charge in [0.1, 0.15) is 6.61 Å². The predicted octanol–water partition coefficient (Wildman–Crippen LogP) is 1.14. The number of esters is 1. The van der Waals surface area contributed by atoms with Crippen LogP contribution in [0.3, 0.4) is 0 Å². The minimum atomic E-state index is -3.76. The Morgan fingerprint density at radius 2 is 0.653 bits per heavy atom. The van der Waals surface area contributed by atoms with E-state index in [1.807, 2.05) is 0 Å². The number of benzene rings is 1. The van der Waals surface area contributed by atoms with Gasteiger partial charge in [0, 0.05) is 6.92 Å². The summed E-state index contributed by atoms with van der Waals surface area (Å²) in [5, 5.41) is 0. The molecule has 0 saturated heterocycles. The highest BCUT2D eigenvalue weighted by Crippen LogP contribution is 2.10. The number of carbonyl (C=O) groups excluding carboxylic acids is 1. The molecule has 286 valence electrons. The Kier molecular flexibility index (Phi) is 31.9. The number of rotatable bonds is 38. The van der Waals surface area contributed by atoms with Crippen LogP contribution >= 0.6 is 0 Å². The second-order valence-electron chi connectivity index (χ2n) is 9.67. The molecule has 0 unspecified atom stereocenters. The van der Waals surface area contributed by atoms with Gasteiger partial charge in [-0.25, -0.2) is 0 Å². The maximum Gasteiger partial charge on any atom is 0.302 e. The van der Waals surface area contributed by atoms with Crippen molar-refractivity contribution in [1.29, 1.82) is 0 Å². The van der Waals surface area contributed by atoms with E-state index in [2.05, 4.69) is 0 Å². The molecule has 0 N–H and O–H groups in total. The first-order valence-electron chi connectivity index (χ1n) is 16.5. The quantitative estimate of drug-likeness (QED) is 0.0539. The molecule has 0 aliphatic heterocycles. The van der Waals surface area contributed by atoms with Crippen LogP contribution in [-0.4, -0.2) is 173 Å². The molecule has 1 aromatic rings. The van der Waals surface area contributed by atoms with E-state index in [9.17, 15) is 13.2 Å². The summed E-state index contributed by atoms with van der Waals surface area (Å²) in [6.45, 7) is 11.1. The Morgan fingerprint density at radius 3 is 0.918 bits per heavy atom. The van der Waals surface area contributed by atoms with E-state index in [0.29, 0.717) is 139 Å². The maximum atomic E-state index is 12.0. The van der Waals surface area contributed by atoms with E-state index >= 15 is 0 Å². The molecule has 16 nitrogen and oxygen atoms in total. The monoisotopic (exact) mass is 728 g/mol. The summed E-state index contributed by atoms with van der Waals surface area (Å²) >= 11 is 0. The molecule has 0 atom stereocenters. The molecule has 0 aliphatic carbocycles. The molecule has 0 aliphatic rings. The Labute approximate surface area is 290 Å². The topological polar surface area (TPSA) is 171 Å². The first kappa shape index (κ1) is 45.2. The number of hydrogen-bond donors (Lipinski definition) is 0. The fourth-order valence-electron chi connectivity index (χ4n) is 3.40. The SMILES string of the molecule is CC(=O)OCCOCCOCCOCCOCCOCCOCCOCCOCCOCCOCCOCCOS(=O)(=O)c1ccccc1. The highest BCUT2D eigenvalue weighted by molar-refractivity contribution is 7.86.